The van der Waals surface area contributed by atoms with E-state index in [-0.39, 0.29) is 0 Å². The van der Waals surface area contributed by atoms with Gasteiger partial charge in [-0.3, -0.25) is 0 Å². The largest absolute Gasteiger partial charge is 0.493 e. The van der Waals surface area contributed by atoms with Gasteiger partial charge in [0.05, 0.1) is 20.3 Å². The topological polar surface area (TPSA) is 39.7 Å². The molecule has 1 N–H and O–H groups in total. The van der Waals surface area contributed by atoms with Gasteiger partial charge in [-0.05, 0) is 43.9 Å². The average Bonchev–Trinajstić information content (AvgIpc) is 2.48. The van der Waals surface area contributed by atoms with Crippen LogP contribution in [0.5, 0.6) is 11.5 Å². The van der Waals surface area contributed by atoms with Gasteiger partial charge < -0.3 is 19.5 Å². The van der Waals surface area contributed by atoms with Crippen molar-refractivity contribution in [3.8, 4) is 11.5 Å². The van der Waals surface area contributed by atoms with Gasteiger partial charge in [-0.1, -0.05) is 13.0 Å². The van der Waals surface area contributed by atoms with E-state index in [9.17, 15) is 0 Å². The predicted molar refractivity (Wildman–Crippen MR) is 84.1 cm³/mol. The second-order valence-electron chi connectivity index (χ2n) is 5.49. The van der Waals surface area contributed by atoms with Crippen LogP contribution < -0.4 is 14.8 Å². The third-order valence-electron chi connectivity index (χ3n) is 4.15. The number of hydrogen-bond donors (Lipinski definition) is 1. The van der Waals surface area contributed by atoms with Gasteiger partial charge in [0.2, 0.25) is 0 Å². The third-order valence-corrected chi connectivity index (χ3v) is 4.15. The third kappa shape index (κ3) is 3.89. The predicted octanol–water partition coefficient (Wildman–Crippen LogP) is 3.31. The molecule has 21 heavy (non-hydrogen) atoms. The number of methoxy groups -OCH3 is 2. The van der Waals surface area contributed by atoms with Gasteiger partial charge in [-0.2, -0.15) is 0 Å². The smallest absolute Gasteiger partial charge is 0.161 e. The SMILES string of the molecule is CCOC1CC(NC(CC)c2ccc(OC)c(OC)c2)C1. The van der Waals surface area contributed by atoms with Crippen LogP contribution in [-0.4, -0.2) is 33.0 Å². The Kier molecular flexibility index (Phi) is 5.88. The fourth-order valence-electron chi connectivity index (χ4n) is 2.88. The van der Waals surface area contributed by atoms with E-state index >= 15 is 0 Å². The number of benzene rings is 1. The fourth-order valence-corrected chi connectivity index (χ4v) is 2.88. The van der Waals surface area contributed by atoms with Crippen LogP contribution >= 0.6 is 0 Å². The molecule has 4 nitrogen and oxygen atoms in total. The molecule has 0 aliphatic heterocycles. The molecule has 118 valence electrons. The Labute approximate surface area is 127 Å². The van der Waals surface area contributed by atoms with E-state index in [4.69, 9.17) is 14.2 Å². The highest BCUT2D eigenvalue weighted by atomic mass is 16.5. The number of nitrogens with one attached hydrogen (secondary N) is 1. The monoisotopic (exact) mass is 293 g/mol. The van der Waals surface area contributed by atoms with E-state index in [2.05, 4.69) is 31.3 Å². The molecule has 0 spiro atoms. The van der Waals surface area contributed by atoms with Crippen LogP contribution in [0.3, 0.4) is 0 Å². The molecule has 1 fully saturated rings. The number of rotatable bonds is 8. The van der Waals surface area contributed by atoms with E-state index in [0.29, 0.717) is 18.2 Å². The summed E-state index contributed by atoms with van der Waals surface area (Å²) in [5.41, 5.74) is 1.25. The first-order valence-electron chi connectivity index (χ1n) is 7.81. The van der Waals surface area contributed by atoms with Crippen molar-refractivity contribution < 1.29 is 14.2 Å². The van der Waals surface area contributed by atoms with Crippen molar-refractivity contribution in [2.24, 2.45) is 0 Å². The van der Waals surface area contributed by atoms with Crippen molar-refractivity contribution in [1.29, 1.82) is 0 Å². The van der Waals surface area contributed by atoms with Gasteiger partial charge in [-0.25, -0.2) is 0 Å². The van der Waals surface area contributed by atoms with Gasteiger partial charge in [0.15, 0.2) is 11.5 Å². The highest BCUT2D eigenvalue weighted by molar-refractivity contribution is 5.43. The van der Waals surface area contributed by atoms with Crippen molar-refractivity contribution in [2.75, 3.05) is 20.8 Å². The zero-order valence-corrected chi connectivity index (χ0v) is 13.5. The summed E-state index contributed by atoms with van der Waals surface area (Å²) in [5.74, 6) is 1.56. The minimum atomic E-state index is 0.345. The molecular weight excluding hydrogens is 266 g/mol. The lowest BCUT2D eigenvalue weighted by atomic mass is 9.87. The van der Waals surface area contributed by atoms with Crippen molar-refractivity contribution in [3.63, 3.8) is 0 Å². The molecule has 0 aromatic heterocycles. The maximum absolute atomic E-state index is 5.62. The molecular formula is C17H27NO3. The van der Waals surface area contributed by atoms with Crippen molar-refractivity contribution >= 4 is 0 Å². The number of ether oxygens (including phenoxy) is 3. The molecule has 1 saturated carbocycles. The molecule has 1 unspecified atom stereocenters. The number of hydrogen-bond acceptors (Lipinski definition) is 4. The molecule has 4 heteroatoms. The maximum Gasteiger partial charge on any atom is 0.161 e. The Morgan fingerprint density at radius 3 is 2.43 bits per heavy atom. The lowest BCUT2D eigenvalue weighted by molar-refractivity contribution is -0.0126. The highest BCUT2D eigenvalue weighted by Gasteiger charge is 2.31. The van der Waals surface area contributed by atoms with Gasteiger partial charge in [0, 0.05) is 18.7 Å². The Balaban J connectivity index is 1.98. The molecule has 0 saturated heterocycles. The zero-order chi connectivity index (χ0) is 15.2. The zero-order valence-electron chi connectivity index (χ0n) is 13.5. The summed E-state index contributed by atoms with van der Waals surface area (Å²) in [6, 6.07) is 7.05. The Morgan fingerprint density at radius 1 is 1.14 bits per heavy atom. The van der Waals surface area contributed by atoms with E-state index in [1.54, 1.807) is 14.2 Å². The van der Waals surface area contributed by atoms with Crippen LogP contribution in [0.4, 0.5) is 0 Å². The van der Waals surface area contributed by atoms with Crippen molar-refractivity contribution in [2.45, 2.75) is 51.3 Å². The molecule has 0 radical (unpaired) electrons. The molecule has 1 aliphatic carbocycles. The van der Waals surface area contributed by atoms with Gasteiger partial charge in [0.1, 0.15) is 0 Å². The molecule has 0 amide bonds. The molecule has 1 aliphatic rings. The summed E-state index contributed by atoms with van der Waals surface area (Å²) in [4.78, 5) is 0. The van der Waals surface area contributed by atoms with E-state index in [0.717, 1.165) is 37.4 Å². The second-order valence-corrected chi connectivity index (χ2v) is 5.49. The minimum absolute atomic E-state index is 0.345. The molecule has 1 aromatic rings. The minimum Gasteiger partial charge on any atom is -0.493 e. The normalized spacial score (nSPS) is 22.5. The van der Waals surface area contributed by atoms with Crippen LogP contribution in [0.1, 0.15) is 44.7 Å². The first-order valence-corrected chi connectivity index (χ1v) is 7.81. The summed E-state index contributed by atoms with van der Waals surface area (Å²) in [7, 11) is 3.34. The standard InChI is InChI=1S/C17H27NO3/c1-5-15(18-13-10-14(11-13)21-6-2)12-7-8-16(19-3)17(9-12)20-4/h7-9,13-15,18H,5-6,10-11H2,1-4H3. The van der Waals surface area contributed by atoms with Crippen LogP contribution in [0.2, 0.25) is 0 Å². The molecule has 0 heterocycles. The first kappa shape index (κ1) is 16.1. The van der Waals surface area contributed by atoms with Gasteiger partial charge >= 0.3 is 0 Å². The summed E-state index contributed by atoms with van der Waals surface area (Å²) >= 11 is 0. The van der Waals surface area contributed by atoms with Crippen molar-refractivity contribution in [3.05, 3.63) is 23.8 Å². The van der Waals surface area contributed by atoms with E-state index < -0.39 is 0 Å². The van der Waals surface area contributed by atoms with Gasteiger partial charge in [0.25, 0.3) is 0 Å². The fraction of sp³-hybridized carbons (Fsp3) is 0.647. The summed E-state index contributed by atoms with van der Waals surface area (Å²) in [5, 5.41) is 3.72. The van der Waals surface area contributed by atoms with Crippen LogP contribution in [0, 0.1) is 0 Å². The average molecular weight is 293 g/mol. The van der Waals surface area contributed by atoms with Crippen molar-refractivity contribution in [1.82, 2.24) is 5.32 Å². The quantitative estimate of drug-likeness (QED) is 0.798. The summed E-state index contributed by atoms with van der Waals surface area (Å²) < 4.78 is 16.3. The Hall–Kier alpha value is -1.26. The molecule has 2 rings (SSSR count). The summed E-state index contributed by atoms with van der Waals surface area (Å²) in [6.45, 7) is 5.07. The van der Waals surface area contributed by atoms with E-state index in [1.807, 2.05) is 6.07 Å². The maximum atomic E-state index is 5.62. The molecule has 1 atom stereocenters. The molecule has 0 bridgehead atoms. The Morgan fingerprint density at radius 2 is 1.86 bits per heavy atom. The summed E-state index contributed by atoms with van der Waals surface area (Å²) in [6.07, 6.45) is 3.70. The van der Waals surface area contributed by atoms with Crippen LogP contribution in [0.25, 0.3) is 0 Å². The lowest BCUT2D eigenvalue weighted by Gasteiger charge is -2.38. The van der Waals surface area contributed by atoms with Crippen LogP contribution in [0.15, 0.2) is 18.2 Å². The van der Waals surface area contributed by atoms with E-state index in [1.165, 1.54) is 5.56 Å². The second kappa shape index (κ2) is 7.66. The Bertz CT molecular complexity index is 444. The molecule has 1 aromatic carbocycles. The van der Waals surface area contributed by atoms with Gasteiger partial charge in [-0.15, -0.1) is 0 Å². The van der Waals surface area contributed by atoms with Crippen LogP contribution in [-0.2, 0) is 4.74 Å². The first-order chi connectivity index (χ1) is 10.2. The highest BCUT2D eigenvalue weighted by Crippen LogP contribution is 2.32. The lowest BCUT2D eigenvalue weighted by Crippen LogP contribution is -2.46.